The van der Waals surface area contributed by atoms with Crippen molar-refractivity contribution in [2.24, 2.45) is 0 Å². The van der Waals surface area contributed by atoms with E-state index in [2.05, 4.69) is 24.2 Å². The number of benzene rings is 1. The monoisotopic (exact) mass is 380 g/mol. The number of amides is 1. The van der Waals surface area contributed by atoms with E-state index in [-0.39, 0.29) is 18.4 Å². The Morgan fingerprint density at radius 3 is 2.79 bits per heavy atom. The Hall–Kier alpha value is -2.93. The van der Waals surface area contributed by atoms with Gasteiger partial charge in [-0.1, -0.05) is 35.5 Å². The molecule has 0 N–H and O–H groups in total. The third-order valence-electron chi connectivity index (χ3n) is 5.22. The number of morpholine rings is 1. The van der Waals surface area contributed by atoms with E-state index in [4.69, 9.17) is 14.4 Å². The highest BCUT2D eigenvalue weighted by atomic mass is 16.5. The van der Waals surface area contributed by atoms with Crippen LogP contribution in [0.2, 0.25) is 0 Å². The van der Waals surface area contributed by atoms with Gasteiger partial charge in [0.2, 0.25) is 5.91 Å². The summed E-state index contributed by atoms with van der Waals surface area (Å²) in [4.78, 5) is 14.8. The van der Waals surface area contributed by atoms with Gasteiger partial charge in [0, 0.05) is 23.9 Å². The normalized spacial score (nSPS) is 17.1. The first-order valence-electron chi connectivity index (χ1n) is 9.48. The number of hydrogen-bond acceptors (Lipinski definition) is 5. The van der Waals surface area contributed by atoms with E-state index < -0.39 is 0 Å². The molecule has 7 nitrogen and oxygen atoms in total. The first-order chi connectivity index (χ1) is 13.6. The van der Waals surface area contributed by atoms with Gasteiger partial charge in [0.25, 0.3) is 0 Å². The van der Waals surface area contributed by atoms with Gasteiger partial charge in [0.1, 0.15) is 6.26 Å². The van der Waals surface area contributed by atoms with Crippen molar-refractivity contribution in [1.29, 1.82) is 0 Å². The average Bonchev–Trinajstić information content (AvgIpc) is 3.30. The Labute approximate surface area is 163 Å². The predicted octanol–water partition coefficient (Wildman–Crippen LogP) is 2.68. The van der Waals surface area contributed by atoms with Crippen LogP contribution in [0, 0.1) is 13.8 Å². The van der Waals surface area contributed by atoms with Gasteiger partial charge in [-0.2, -0.15) is 5.10 Å². The summed E-state index contributed by atoms with van der Waals surface area (Å²) in [6.45, 7) is 6.34. The molecule has 1 amide bonds. The molecule has 1 unspecified atom stereocenters. The van der Waals surface area contributed by atoms with Gasteiger partial charge >= 0.3 is 0 Å². The molecule has 1 aliphatic rings. The molecule has 1 aliphatic heterocycles. The first-order valence-corrected chi connectivity index (χ1v) is 9.48. The minimum atomic E-state index is -0.141. The summed E-state index contributed by atoms with van der Waals surface area (Å²) in [6, 6.07) is 11.8. The summed E-state index contributed by atoms with van der Waals surface area (Å²) in [7, 11) is 0. The summed E-state index contributed by atoms with van der Waals surface area (Å²) in [5, 5.41) is 8.61. The van der Waals surface area contributed by atoms with Crippen LogP contribution in [0.15, 0.2) is 47.2 Å². The second-order valence-corrected chi connectivity index (χ2v) is 7.07. The van der Waals surface area contributed by atoms with Crippen LogP contribution >= 0.6 is 0 Å². The standard InChI is InChI=1S/C21H24N4O3/c1-15-21(16(2)25(22-15)13-17-6-4-3-5-7-17)19-14-27-11-9-24(19)20(26)12-18-8-10-28-23-18/h3-8,10,19H,9,11-14H2,1-2H3. The molecule has 7 heteroatoms. The van der Waals surface area contributed by atoms with Crippen LogP contribution in [0.4, 0.5) is 0 Å². The van der Waals surface area contributed by atoms with Crippen LogP contribution in [0.5, 0.6) is 0 Å². The maximum Gasteiger partial charge on any atom is 0.229 e. The Balaban J connectivity index is 1.59. The van der Waals surface area contributed by atoms with Crippen molar-refractivity contribution >= 4 is 5.91 Å². The summed E-state index contributed by atoms with van der Waals surface area (Å²) in [5.74, 6) is 0.0248. The number of ether oxygens (including phenoxy) is 1. The number of nitrogens with zero attached hydrogens (tertiary/aromatic N) is 4. The number of hydrogen-bond donors (Lipinski definition) is 0. The van der Waals surface area contributed by atoms with Crippen molar-refractivity contribution in [3.05, 3.63) is 70.9 Å². The molecule has 3 heterocycles. The lowest BCUT2D eigenvalue weighted by molar-refractivity contribution is -0.139. The SMILES string of the molecule is Cc1nn(Cc2ccccc2)c(C)c1C1COCCN1C(=O)Cc1ccon1. The number of carbonyl (C=O) groups excluding carboxylic acids is 1. The second-order valence-electron chi connectivity index (χ2n) is 7.07. The molecule has 3 aromatic rings. The number of carbonyl (C=O) groups is 1. The first kappa shape index (κ1) is 18.4. The fourth-order valence-corrected chi connectivity index (χ4v) is 3.83. The van der Waals surface area contributed by atoms with Gasteiger partial charge in [0.15, 0.2) is 0 Å². The highest BCUT2D eigenvalue weighted by Crippen LogP contribution is 2.30. The molecule has 4 rings (SSSR count). The highest BCUT2D eigenvalue weighted by molar-refractivity contribution is 5.79. The summed E-state index contributed by atoms with van der Waals surface area (Å²) < 4.78 is 12.6. The van der Waals surface area contributed by atoms with Crippen LogP contribution < -0.4 is 0 Å². The van der Waals surface area contributed by atoms with Crippen LogP contribution in [0.3, 0.4) is 0 Å². The molecule has 2 aromatic heterocycles. The Bertz CT molecular complexity index is 934. The van der Waals surface area contributed by atoms with E-state index in [0.29, 0.717) is 32.0 Å². The molecular formula is C21H24N4O3. The van der Waals surface area contributed by atoms with Gasteiger partial charge in [-0.05, 0) is 19.4 Å². The van der Waals surface area contributed by atoms with Crippen LogP contribution in [0.25, 0.3) is 0 Å². The van der Waals surface area contributed by atoms with Crippen molar-refractivity contribution in [1.82, 2.24) is 19.8 Å². The minimum Gasteiger partial charge on any atom is -0.377 e. The zero-order valence-electron chi connectivity index (χ0n) is 16.2. The lowest BCUT2D eigenvalue weighted by Gasteiger charge is -2.36. The van der Waals surface area contributed by atoms with Gasteiger partial charge in [-0.15, -0.1) is 0 Å². The largest absolute Gasteiger partial charge is 0.377 e. The maximum absolute atomic E-state index is 12.9. The minimum absolute atomic E-state index is 0.0248. The maximum atomic E-state index is 12.9. The predicted molar refractivity (Wildman–Crippen MR) is 103 cm³/mol. The molecule has 1 atom stereocenters. The van der Waals surface area contributed by atoms with Crippen molar-refractivity contribution < 1.29 is 14.1 Å². The van der Waals surface area contributed by atoms with Crippen LogP contribution in [-0.4, -0.2) is 45.5 Å². The highest BCUT2D eigenvalue weighted by Gasteiger charge is 2.32. The fraction of sp³-hybridized carbons (Fsp3) is 0.381. The van der Waals surface area contributed by atoms with E-state index in [0.717, 1.165) is 17.0 Å². The zero-order chi connectivity index (χ0) is 19.5. The van der Waals surface area contributed by atoms with Gasteiger partial charge in [-0.25, -0.2) is 0 Å². The van der Waals surface area contributed by atoms with Crippen molar-refractivity contribution in [3.8, 4) is 0 Å². The zero-order valence-corrected chi connectivity index (χ0v) is 16.2. The number of aromatic nitrogens is 3. The smallest absolute Gasteiger partial charge is 0.229 e. The summed E-state index contributed by atoms with van der Waals surface area (Å²) >= 11 is 0. The second kappa shape index (κ2) is 7.98. The fourth-order valence-electron chi connectivity index (χ4n) is 3.83. The molecule has 0 bridgehead atoms. The van der Waals surface area contributed by atoms with Gasteiger partial charge < -0.3 is 14.2 Å². The van der Waals surface area contributed by atoms with E-state index in [1.165, 1.54) is 11.8 Å². The van der Waals surface area contributed by atoms with E-state index >= 15 is 0 Å². The topological polar surface area (TPSA) is 73.4 Å². The number of aryl methyl sites for hydroxylation is 1. The molecule has 0 aliphatic carbocycles. The van der Waals surface area contributed by atoms with Gasteiger partial charge in [0.05, 0.1) is 43.6 Å². The molecule has 0 radical (unpaired) electrons. The molecule has 1 fully saturated rings. The Kier molecular flexibility index (Phi) is 5.25. The molecule has 1 aromatic carbocycles. The molecular weight excluding hydrogens is 356 g/mol. The van der Waals surface area contributed by atoms with E-state index in [1.807, 2.05) is 34.7 Å². The van der Waals surface area contributed by atoms with Crippen LogP contribution in [-0.2, 0) is 22.5 Å². The van der Waals surface area contributed by atoms with Crippen molar-refractivity contribution in [2.45, 2.75) is 32.9 Å². The van der Waals surface area contributed by atoms with Crippen molar-refractivity contribution in [2.75, 3.05) is 19.8 Å². The summed E-state index contributed by atoms with van der Waals surface area (Å²) in [5.41, 5.74) is 4.91. The van der Waals surface area contributed by atoms with Crippen LogP contribution in [0.1, 0.15) is 34.3 Å². The molecule has 0 saturated carbocycles. The number of rotatable bonds is 5. The lowest BCUT2D eigenvalue weighted by Crippen LogP contribution is -2.44. The van der Waals surface area contributed by atoms with Crippen molar-refractivity contribution in [3.63, 3.8) is 0 Å². The molecule has 1 saturated heterocycles. The average molecular weight is 380 g/mol. The van der Waals surface area contributed by atoms with Gasteiger partial charge in [-0.3, -0.25) is 9.48 Å². The third kappa shape index (κ3) is 3.71. The summed E-state index contributed by atoms with van der Waals surface area (Å²) in [6.07, 6.45) is 1.71. The molecule has 0 spiro atoms. The molecule has 28 heavy (non-hydrogen) atoms. The van der Waals surface area contributed by atoms with E-state index in [1.54, 1.807) is 6.07 Å². The van der Waals surface area contributed by atoms with E-state index in [9.17, 15) is 4.79 Å². The lowest BCUT2D eigenvalue weighted by atomic mass is 10.0. The Morgan fingerprint density at radius 2 is 2.04 bits per heavy atom. The Morgan fingerprint density at radius 1 is 1.21 bits per heavy atom. The quantitative estimate of drug-likeness (QED) is 0.680. The molecule has 146 valence electrons. The third-order valence-corrected chi connectivity index (χ3v) is 5.22.